The highest BCUT2D eigenvalue weighted by atomic mass is 19.4. The molecule has 0 unspecified atom stereocenters. The molecule has 0 spiro atoms. The lowest BCUT2D eigenvalue weighted by Gasteiger charge is -2.20. The number of hydrogen-bond acceptors (Lipinski definition) is 2. The highest BCUT2D eigenvalue weighted by Gasteiger charge is 2.41. The molecule has 0 atom stereocenters. The van der Waals surface area contributed by atoms with Crippen molar-refractivity contribution in [2.75, 3.05) is 5.32 Å². The number of amides is 1. The molecule has 0 bridgehead atoms. The van der Waals surface area contributed by atoms with Crippen LogP contribution in [0.3, 0.4) is 0 Å². The summed E-state index contributed by atoms with van der Waals surface area (Å²) in [7, 11) is 0. The van der Waals surface area contributed by atoms with Gasteiger partial charge in [0.2, 0.25) is 0 Å². The molecule has 0 aliphatic heterocycles. The van der Waals surface area contributed by atoms with Crippen LogP contribution in [0.4, 0.5) is 36.4 Å². The standard InChI is InChI=1S/C22H12F7NO3/c23-14-5-1-11(2-6-14)16-9-13(21(24,25)26)10-17(22(27,28)29)18(16)19(31)30-15-7-3-12(4-8-15)20(32)33/h1-10H,(H,30,31)(H,32,33). The maximum atomic E-state index is 13.7. The molecule has 2 N–H and O–H groups in total. The van der Waals surface area contributed by atoms with Gasteiger partial charge in [0.25, 0.3) is 5.91 Å². The maximum Gasteiger partial charge on any atom is 0.417 e. The van der Waals surface area contributed by atoms with Crippen molar-refractivity contribution in [3.63, 3.8) is 0 Å². The van der Waals surface area contributed by atoms with Crippen LogP contribution in [-0.4, -0.2) is 17.0 Å². The lowest BCUT2D eigenvalue weighted by atomic mass is 9.91. The van der Waals surface area contributed by atoms with E-state index in [1.165, 1.54) is 0 Å². The van der Waals surface area contributed by atoms with Gasteiger partial charge >= 0.3 is 18.3 Å². The summed E-state index contributed by atoms with van der Waals surface area (Å²) in [6.07, 6.45) is -10.5. The van der Waals surface area contributed by atoms with Crippen LogP contribution in [0.25, 0.3) is 11.1 Å². The molecule has 3 aromatic rings. The lowest BCUT2D eigenvalue weighted by Crippen LogP contribution is -2.22. The topological polar surface area (TPSA) is 66.4 Å². The predicted octanol–water partition coefficient (Wildman–Crippen LogP) is 6.48. The molecule has 0 aliphatic carbocycles. The van der Waals surface area contributed by atoms with Crippen molar-refractivity contribution < 1.29 is 45.4 Å². The van der Waals surface area contributed by atoms with Crippen molar-refractivity contribution in [3.8, 4) is 11.1 Å². The Balaban J connectivity index is 2.21. The third-order valence-corrected chi connectivity index (χ3v) is 4.54. The summed E-state index contributed by atoms with van der Waals surface area (Å²) in [5.41, 5.74) is -5.80. The van der Waals surface area contributed by atoms with Gasteiger partial charge in [-0.15, -0.1) is 0 Å². The second-order valence-corrected chi connectivity index (χ2v) is 6.79. The summed E-state index contributed by atoms with van der Waals surface area (Å²) in [4.78, 5) is 23.8. The van der Waals surface area contributed by atoms with Gasteiger partial charge in [-0.25, -0.2) is 9.18 Å². The van der Waals surface area contributed by atoms with Crippen LogP contribution in [0.15, 0.2) is 60.7 Å². The van der Waals surface area contributed by atoms with Gasteiger partial charge in [-0.2, -0.15) is 26.3 Å². The minimum Gasteiger partial charge on any atom is -0.478 e. The molecule has 172 valence electrons. The fraction of sp³-hybridized carbons (Fsp3) is 0.0909. The molecule has 0 aromatic heterocycles. The Bertz CT molecular complexity index is 1200. The number of carbonyl (C=O) groups excluding carboxylic acids is 1. The van der Waals surface area contributed by atoms with Crippen molar-refractivity contribution in [1.29, 1.82) is 0 Å². The number of rotatable bonds is 4. The van der Waals surface area contributed by atoms with E-state index in [1.54, 1.807) is 0 Å². The van der Waals surface area contributed by atoms with Crippen LogP contribution >= 0.6 is 0 Å². The van der Waals surface area contributed by atoms with Gasteiger partial charge in [-0.3, -0.25) is 4.79 Å². The quantitative estimate of drug-likeness (QED) is 0.428. The van der Waals surface area contributed by atoms with E-state index in [0.29, 0.717) is 6.07 Å². The Morgan fingerprint density at radius 2 is 1.36 bits per heavy atom. The Hall–Kier alpha value is -3.89. The third kappa shape index (κ3) is 5.30. The Labute approximate surface area is 181 Å². The van der Waals surface area contributed by atoms with E-state index in [-0.39, 0.29) is 22.9 Å². The van der Waals surface area contributed by atoms with Crippen molar-refractivity contribution in [1.82, 2.24) is 0 Å². The van der Waals surface area contributed by atoms with Crippen LogP contribution in [-0.2, 0) is 12.4 Å². The number of halogens is 7. The molecule has 1 amide bonds. The normalized spacial score (nSPS) is 11.8. The molecule has 0 aliphatic rings. The average molecular weight is 471 g/mol. The molecule has 4 nitrogen and oxygen atoms in total. The third-order valence-electron chi connectivity index (χ3n) is 4.54. The van der Waals surface area contributed by atoms with E-state index in [4.69, 9.17) is 5.11 Å². The monoisotopic (exact) mass is 471 g/mol. The summed E-state index contributed by atoms with van der Waals surface area (Å²) in [5, 5.41) is 11.0. The van der Waals surface area contributed by atoms with Crippen LogP contribution in [0.5, 0.6) is 0 Å². The van der Waals surface area contributed by atoms with Gasteiger partial charge in [0.05, 0.1) is 22.3 Å². The van der Waals surface area contributed by atoms with Gasteiger partial charge < -0.3 is 10.4 Å². The summed E-state index contributed by atoms with van der Waals surface area (Å²) in [5.74, 6) is -3.46. The number of aromatic carboxylic acids is 1. The summed E-state index contributed by atoms with van der Waals surface area (Å²) in [6, 6.07) is 8.14. The van der Waals surface area contributed by atoms with Crippen LogP contribution in [0, 0.1) is 5.82 Å². The van der Waals surface area contributed by atoms with Gasteiger partial charge in [-0.1, -0.05) is 12.1 Å². The van der Waals surface area contributed by atoms with Gasteiger partial charge in [0.1, 0.15) is 5.82 Å². The number of carbonyl (C=O) groups is 2. The second kappa shape index (κ2) is 8.57. The highest BCUT2D eigenvalue weighted by molar-refractivity contribution is 6.10. The van der Waals surface area contributed by atoms with E-state index >= 15 is 0 Å². The number of hydrogen-bond donors (Lipinski definition) is 2. The number of alkyl halides is 6. The van der Waals surface area contributed by atoms with Crippen LogP contribution in [0.1, 0.15) is 31.8 Å². The van der Waals surface area contributed by atoms with E-state index < -0.39 is 52.3 Å². The van der Waals surface area contributed by atoms with E-state index in [9.17, 15) is 40.3 Å². The Morgan fingerprint density at radius 1 is 0.788 bits per heavy atom. The molecule has 3 rings (SSSR count). The lowest BCUT2D eigenvalue weighted by molar-refractivity contribution is -0.143. The Morgan fingerprint density at radius 3 is 1.85 bits per heavy atom. The maximum absolute atomic E-state index is 13.7. The molecule has 0 fully saturated rings. The Kier molecular flexibility index (Phi) is 6.17. The summed E-state index contributed by atoms with van der Waals surface area (Å²) in [6.45, 7) is 0. The van der Waals surface area contributed by atoms with Crippen molar-refractivity contribution in [2.45, 2.75) is 12.4 Å². The fourth-order valence-electron chi connectivity index (χ4n) is 3.02. The molecule has 3 aromatic carbocycles. The first-order valence-electron chi connectivity index (χ1n) is 9.00. The molecular formula is C22H12F7NO3. The SMILES string of the molecule is O=C(O)c1ccc(NC(=O)c2c(-c3ccc(F)cc3)cc(C(F)(F)F)cc2C(F)(F)F)cc1. The van der Waals surface area contributed by atoms with Gasteiger partial charge in [0, 0.05) is 5.69 Å². The summed E-state index contributed by atoms with van der Waals surface area (Å²) < 4.78 is 94.5. The zero-order chi connectivity index (χ0) is 24.6. The summed E-state index contributed by atoms with van der Waals surface area (Å²) >= 11 is 0. The molecular weight excluding hydrogens is 459 g/mol. The second-order valence-electron chi connectivity index (χ2n) is 6.79. The minimum absolute atomic E-state index is 0.0944. The average Bonchev–Trinajstić information content (AvgIpc) is 2.72. The van der Waals surface area contributed by atoms with Crippen molar-refractivity contribution in [3.05, 3.63) is 88.7 Å². The van der Waals surface area contributed by atoms with Crippen LogP contribution < -0.4 is 5.32 Å². The number of nitrogens with one attached hydrogen (secondary N) is 1. The molecule has 0 saturated carbocycles. The number of benzene rings is 3. The van der Waals surface area contributed by atoms with Gasteiger partial charge in [-0.05, 0) is 59.7 Å². The molecule has 0 heterocycles. The van der Waals surface area contributed by atoms with E-state index in [2.05, 4.69) is 5.32 Å². The minimum atomic E-state index is -5.34. The van der Waals surface area contributed by atoms with Gasteiger partial charge in [0.15, 0.2) is 0 Å². The molecule has 11 heteroatoms. The smallest absolute Gasteiger partial charge is 0.417 e. The first-order valence-corrected chi connectivity index (χ1v) is 9.00. The predicted molar refractivity (Wildman–Crippen MR) is 103 cm³/mol. The molecule has 33 heavy (non-hydrogen) atoms. The molecule has 0 radical (unpaired) electrons. The molecule has 0 saturated heterocycles. The van der Waals surface area contributed by atoms with Crippen molar-refractivity contribution >= 4 is 17.6 Å². The van der Waals surface area contributed by atoms with Crippen molar-refractivity contribution in [2.24, 2.45) is 0 Å². The first kappa shape index (κ1) is 23.8. The van der Waals surface area contributed by atoms with Crippen LogP contribution in [0.2, 0.25) is 0 Å². The highest BCUT2D eigenvalue weighted by Crippen LogP contribution is 2.42. The zero-order valence-corrected chi connectivity index (χ0v) is 16.2. The first-order chi connectivity index (χ1) is 15.3. The number of carboxylic acid groups (broad SMARTS) is 1. The number of carboxylic acids is 1. The number of anilines is 1. The van der Waals surface area contributed by atoms with E-state index in [1.807, 2.05) is 0 Å². The fourth-order valence-corrected chi connectivity index (χ4v) is 3.02. The van der Waals surface area contributed by atoms with E-state index in [0.717, 1.165) is 48.5 Å². The zero-order valence-electron chi connectivity index (χ0n) is 16.2. The largest absolute Gasteiger partial charge is 0.478 e.